The number of nitrogens with one attached hydrogen (secondary N) is 1. The maximum Gasteiger partial charge on any atom is 0.304 e. The maximum absolute atomic E-state index is 13.6. The van der Waals surface area contributed by atoms with Gasteiger partial charge in [0.15, 0.2) is 0 Å². The van der Waals surface area contributed by atoms with Crippen molar-refractivity contribution >= 4 is 35.8 Å². The second-order valence-corrected chi connectivity index (χ2v) is 16.3. The van der Waals surface area contributed by atoms with Crippen LogP contribution >= 0.6 is 0 Å². The molecular formula is C28H33N4O7Si. The Bertz CT molecular complexity index is 1660. The minimum absolute atomic E-state index is 0.0501. The highest BCUT2D eigenvalue weighted by Crippen LogP contribution is 2.24. The Morgan fingerprint density at radius 3 is 2.20 bits per heavy atom. The van der Waals surface area contributed by atoms with E-state index < -0.39 is 26.0 Å². The summed E-state index contributed by atoms with van der Waals surface area (Å²) in [6.07, 6.45) is -0.469. The lowest BCUT2D eigenvalue weighted by molar-refractivity contribution is -0.136. The van der Waals surface area contributed by atoms with Gasteiger partial charge in [-0.1, -0.05) is 19.6 Å². The lowest BCUT2D eigenvalue weighted by atomic mass is 9.99. The summed E-state index contributed by atoms with van der Waals surface area (Å²) in [4.78, 5) is 50.3. The van der Waals surface area contributed by atoms with E-state index >= 15 is 0 Å². The van der Waals surface area contributed by atoms with Gasteiger partial charge in [-0.25, -0.2) is 9.97 Å². The third-order valence-electron chi connectivity index (χ3n) is 6.44. The number of carboxylic acids is 1. The first-order valence-electron chi connectivity index (χ1n) is 12.8. The Kier molecular flexibility index (Phi) is 8.69. The molecule has 0 saturated carbocycles. The van der Waals surface area contributed by atoms with Gasteiger partial charge >= 0.3 is 5.97 Å². The minimum atomic E-state index is -1.37. The van der Waals surface area contributed by atoms with Crippen molar-refractivity contribution in [2.75, 3.05) is 20.8 Å². The average Bonchev–Trinajstić information content (AvgIpc) is 2.90. The Hall–Kier alpha value is -4.03. The van der Waals surface area contributed by atoms with Crippen LogP contribution in [0.25, 0.3) is 21.8 Å². The number of H-pyrrole nitrogens is 1. The molecule has 1 radical (unpaired) electrons. The van der Waals surface area contributed by atoms with E-state index in [4.69, 9.17) is 19.2 Å². The molecule has 12 heteroatoms. The smallest absolute Gasteiger partial charge is 0.304 e. The largest absolute Gasteiger partial charge is 0.497 e. The van der Waals surface area contributed by atoms with Gasteiger partial charge in [-0.15, -0.1) is 0 Å². The topological polar surface area (TPSA) is 146 Å². The highest BCUT2D eigenvalue weighted by molar-refractivity contribution is 6.76. The molecule has 4 aromatic rings. The minimum Gasteiger partial charge on any atom is -0.497 e. The van der Waals surface area contributed by atoms with Crippen molar-refractivity contribution < 1.29 is 24.1 Å². The molecule has 40 heavy (non-hydrogen) atoms. The summed E-state index contributed by atoms with van der Waals surface area (Å²) in [5.41, 5.74) is 0.0371. The first kappa shape index (κ1) is 29.0. The van der Waals surface area contributed by atoms with Crippen LogP contribution in [0.15, 0.2) is 46.0 Å². The van der Waals surface area contributed by atoms with Crippen molar-refractivity contribution in [1.82, 2.24) is 19.5 Å². The average molecular weight is 566 g/mol. The highest BCUT2D eigenvalue weighted by Gasteiger charge is 2.24. The molecule has 0 aliphatic carbocycles. The van der Waals surface area contributed by atoms with Crippen molar-refractivity contribution in [1.29, 1.82) is 0 Å². The number of nitrogens with zero attached hydrogens (tertiary/aromatic N) is 3. The number of ether oxygens (including phenoxy) is 3. The van der Waals surface area contributed by atoms with Gasteiger partial charge in [0.2, 0.25) is 0 Å². The number of carbonyl (C=O) groups is 1. The lowest BCUT2D eigenvalue weighted by Gasteiger charge is -2.19. The van der Waals surface area contributed by atoms with Crippen LogP contribution in [0.2, 0.25) is 25.7 Å². The van der Waals surface area contributed by atoms with Crippen LogP contribution in [-0.4, -0.2) is 59.5 Å². The zero-order chi connectivity index (χ0) is 29.0. The molecular weight excluding hydrogens is 532 g/mol. The molecule has 11 nitrogen and oxygen atoms in total. The Labute approximate surface area is 231 Å². The molecule has 0 bridgehead atoms. The van der Waals surface area contributed by atoms with E-state index in [-0.39, 0.29) is 30.5 Å². The first-order valence-corrected chi connectivity index (χ1v) is 16.5. The number of benzene rings is 2. The predicted octanol–water partition coefficient (Wildman–Crippen LogP) is 3.60. The van der Waals surface area contributed by atoms with Crippen LogP contribution < -0.4 is 20.6 Å². The summed E-state index contributed by atoms with van der Waals surface area (Å²) in [6.45, 7) is 7.13. The molecule has 0 unspecified atom stereocenters. The zero-order valence-corrected chi connectivity index (χ0v) is 24.2. The molecule has 0 aliphatic heterocycles. The number of hydrogen-bond acceptors (Lipinski definition) is 8. The number of carboxylic acid groups (broad SMARTS) is 1. The molecule has 4 rings (SSSR count). The summed E-state index contributed by atoms with van der Waals surface area (Å²) >= 11 is 0. The van der Waals surface area contributed by atoms with Crippen molar-refractivity contribution in [2.24, 2.45) is 0 Å². The van der Waals surface area contributed by atoms with Crippen molar-refractivity contribution in [3.8, 4) is 11.5 Å². The van der Waals surface area contributed by atoms with E-state index in [0.717, 1.165) is 6.04 Å². The van der Waals surface area contributed by atoms with Crippen LogP contribution in [0.1, 0.15) is 18.1 Å². The normalized spacial score (nSPS) is 11.8. The number of fused-ring (bicyclic) bond motifs is 2. The molecule has 211 valence electrons. The van der Waals surface area contributed by atoms with Gasteiger partial charge in [0.25, 0.3) is 11.1 Å². The van der Waals surface area contributed by atoms with E-state index in [0.29, 0.717) is 45.7 Å². The zero-order valence-electron chi connectivity index (χ0n) is 23.2. The van der Waals surface area contributed by atoms with Gasteiger partial charge in [-0.05, 0) is 42.4 Å². The number of aromatic amines is 1. The third kappa shape index (κ3) is 6.75. The summed E-state index contributed by atoms with van der Waals surface area (Å²) in [5.74, 6) is 0.594. The fourth-order valence-corrected chi connectivity index (χ4v) is 4.95. The van der Waals surface area contributed by atoms with E-state index in [2.05, 4.69) is 29.6 Å². The van der Waals surface area contributed by atoms with Crippen molar-refractivity contribution in [2.45, 2.75) is 45.3 Å². The maximum atomic E-state index is 13.6. The standard InChI is InChI=1S/C28H33N4O7Si/c1-37-18-6-8-22-20(14-18)27(35)31-26(30-22)17(13-25(33)34)12-24-29-23-9-7-19(38-2)15-21(23)28(36)32(24)16-39-10-11-40(3,4)5/h6-9,14-15H,10-13,16H2,1-5H3,(H,33,34)(H,30,31,35). The lowest BCUT2D eigenvalue weighted by Crippen LogP contribution is -2.30. The van der Waals surface area contributed by atoms with Gasteiger partial charge in [0.1, 0.15) is 29.9 Å². The van der Waals surface area contributed by atoms with E-state index in [1.807, 2.05) is 0 Å². The van der Waals surface area contributed by atoms with Gasteiger partial charge in [0, 0.05) is 21.1 Å². The molecule has 2 heterocycles. The Morgan fingerprint density at radius 2 is 1.60 bits per heavy atom. The number of methoxy groups -OCH3 is 2. The summed E-state index contributed by atoms with van der Waals surface area (Å²) in [5, 5.41) is 10.4. The van der Waals surface area contributed by atoms with Gasteiger partial charge < -0.3 is 24.3 Å². The van der Waals surface area contributed by atoms with E-state index in [1.165, 1.54) is 18.8 Å². The quantitative estimate of drug-likeness (QED) is 0.194. The summed E-state index contributed by atoms with van der Waals surface area (Å²) in [6, 6.07) is 10.8. The van der Waals surface area contributed by atoms with Gasteiger partial charge in [-0.2, -0.15) is 0 Å². The van der Waals surface area contributed by atoms with Crippen LogP contribution in [0.5, 0.6) is 11.5 Å². The van der Waals surface area contributed by atoms with E-state index in [1.54, 1.807) is 36.4 Å². The molecule has 0 aliphatic rings. The van der Waals surface area contributed by atoms with Crippen molar-refractivity contribution in [3.05, 3.63) is 74.7 Å². The van der Waals surface area contributed by atoms with Crippen LogP contribution in [-0.2, 0) is 22.7 Å². The Balaban J connectivity index is 1.78. The molecule has 0 spiro atoms. The predicted molar refractivity (Wildman–Crippen MR) is 154 cm³/mol. The molecule has 0 amide bonds. The van der Waals surface area contributed by atoms with E-state index in [9.17, 15) is 19.5 Å². The van der Waals surface area contributed by atoms with Gasteiger partial charge in [-0.3, -0.25) is 19.0 Å². The second kappa shape index (κ2) is 12.0. The number of aliphatic carboxylic acids is 1. The highest BCUT2D eigenvalue weighted by atomic mass is 28.3. The number of rotatable bonds is 12. The fraction of sp³-hybridized carbons (Fsp3) is 0.357. The van der Waals surface area contributed by atoms with Crippen LogP contribution in [0.4, 0.5) is 0 Å². The number of hydrogen-bond donors (Lipinski definition) is 2. The van der Waals surface area contributed by atoms with Crippen molar-refractivity contribution in [3.63, 3.8) is 0 Å². The fourth-order valence-electron chi connectivity index (χ4n) is 4.19. The van der Waals surface area contributed by atoms with Crippen LogP contribution in [0, 0.1) is 5.92 Å². The number of aromatic nitrogens is 4. The van der Waals surface area contributed by atoms with Gasteiger partial charge in [0.05, 0.1) is 48.4 Å². The molecule has 0 saturated heterocycles. The molecule has 2 aromatic carbocycles. The molecule has 2 aromatic heterocycles. The second-order valence-electron chi connectivity index (χ2n) is 10.6. The SMILES string of the molecule is COc1ccc2nc([C](CC(=O)O)Cc3nc4ccc(OC)cc4c(=O)n3COCC[Si](C)(C)C)[nH]c(=O)c2c1. The third-order valence-corrected chi connectivity index (χ3v) is 8.14. The summed E-state index contributed by atoms with van der Waals surface area (Å²) in [7, 11) is 1.65. The molecule has 0 atom stereocenters. The Morgan fingerprint density at radius 1 is 0.975 bits per heavy atom. The summed E-state index contributed by atoms with van der Waals surface area (Å²) < 4.78 is 17.8. The van der Waals surface area contributed by atoms with Crippen LogP contribution in [0.3, 0.4) is 0 Å². The molecule has 0 fully saturated rings. The first-order chi connectivity index (χ1) is 19.0. The molecule has 2 N–H and O–H groups in total. The monoisotopic (exact) mass is 565 g/mol.